The van der Waals surface area contributed by atoms with Crippen LogP contribution < -0.4 is 5.32 Å². The molecule has 16 heavy (non-hydrogen) atoms. The average Bonchev–Trinajstić information content (AvgIpc) is 2.30. The van der Waals surface area contributed by atoms with E-state index in [-0.39, 0.29) is 6.10 Å². The smallest absolute Gasteiger partial charge is 0.0699 e. The molecular formula is C13H20INO. The molecule has 3 heteroatoms. The van der Waals surface area contributed by atoms with Gasteiger partial charge in [-0.1, -0.05) is 19.1 Å². The SMILES string of the molecule is CCNC(Cc1ccc(I)cc1)C(C)OC. The van der Waals surface area contributed by atoms with E-state index in [0.29, 0.717) is 6.04 Å². The Morgan fingerprint density at radius 1 is 1.31 bits per heavy atom. The summed E-state index contributed by atoms with van der Waals surface area (Å²) in [6.45, 7) is 5.21. The minimum absolute atomic E-state index is 0.235. The number of likely N-dealkylation sites (N-methyl/N-ethyl adjacent to an activating group) is 1. The van der Waals surface area contributed by atoms with E-state index in [1.54, 1.807) is 7.11 Å². The van der Waals surface area contributed by atoms with E-state index < -0.39 is 0 Å². The van der Waals surface area contributed by atoms with Gasteiger partial charge in [0.25, 0.3) is 0 Å². The lowest BCUT2D eigenvalue weighted by atomic mass is 10.0. The molecule has 2 unspecified atom stereocenters. The average molecular weight is 333 g/mol. The summed E-state index contributed by atoms with van der Waals surface area (Å²) < 4.78 is 6.68. The molecule has 2 atom stereocenters. The number of methoxy groups -OCH3 is 1. The molecule has 0 amide bonds. The highest BCUT2D eigenvalue weighted by molar-refractivity contribution is 14.1. The lowest BCUT2D eigenvalue weighted by Crippen LogP contribution is -2.40. The number of hydrogen-bond acceptors (Lipinski definition) is 2. The largest absolute Gasteiger partial charge is 0.380 e. The van der Waals surface area contributed by atoms with E-state index in [2.05, 4.69) is 66.0 Å². The fourth-order valence-corrected chi connectivity index (χ4v) is 2.06. The zero-order chi connectivity index (χ0) is 12.0. The van der Waals surface area contributed by atoms with Crippen molar-refractivity contribution in [1.82, 2.24) is 5.32 Å². The van der Waals surface area contributed by atoms with Crippen LogP contribution in [0, 0.1) is 3.57 Å². The minimum Gasteiger partial charge on any atom is -0.380 e. The predicted molar refractivity (Wildman–Crippen MR) is 76.8 cm³/mol. The van der Waals surface area contributed by atoms with Crippen molar-refractivity contribution in [3.63, 3.8) is 0 Å². The molecular weight excluding hydrogens is 313 g/mol. The molecule has 2 nitrogen and oxygen atoms in total. The summed E-state index contributed by atoms with van der Waals surface area (Å²) in [6.07, 6.45) is 1.25. The Balaban J connectivity index is 2.63. The van der Waals surface area contributed by atoms with Gasteiger partial charge in [-0.05, 0) is 60.2 Å². The number of nitrogens with one attached hydrogen (secondary N) is 1. The molecule has 1 aromatic carbocycles. The van der Waals surface area contributed by atoms with Crippen molar-refractivity contribution in [3.8, 4) is 0 Å². The molecule has 90 valence electrons. The summed E-state index contributed by atoms with van der Waals surface area (Å²) in [7, 11) is 1.77. The van der Waals surface area contributed by atoms with E-state index in [1.807, 2.05) is 0 Å². The third-order valence-corrected chi connectivity index (χ3v) is 3.49. The summed E-state index contributed by atoms with van der Waals surface area (Å²) in [5.74, 6) is 0. The first kappa shape index (κ1) is 13.9. The standard InChI is InChI=1S/C13H20INO/c1-4-15-13(10(2)16-3)9-11-5-7-12(14)8-6-11/h5-8,10,13,15H,4,9H2,1-3H3. The van der Waals surface area contributed by atoms with Gasteiger partial charge in [0, 0.05) is 16.7 Å². The molecule has 0 spiro atoms. The normalized spacial score (nSPS) is 14.8. The van der Waals surface area contributed by atoms with E-state index in [0.717, 1.165) is 13.0 Å². The number of benzene rings is 1. The van der Waals surface area contributed by atoms with Crippen molar-refractivity contribution >= 4 is 22.6 Å². The molecule has 1 N–H and O–H groups in total. The predicted octanol–water partition coefficient (Wildman–Crippen LogP) is 2.85. The van der Waals surface area contributed by atoms with Crippen molar-refractivity contribution in [3.05, 3.63) is 33.4 Å². The van der Waals surface area contributed by atoms with Gasteiger partial charge in [-0.25, -0.2) is 0 Å². The molecule has 0 bridgehead atoms. The quantitative estimate of drug-likeness (QED) is 0.809. The molecule has 1 rings (SSSR count). The van der Waals surface area contributed by atoms with Crippen LogP contribution in [0.25, 0.3) is 0 Å². The second-order valence-electron chi connectivity index (χ2n) is 3.94. The van der Waals surface area contributed by atoms with Gasteiger partial charge in [0.05, 0.1) is 6.10 Å². The summed E-state index contributed by atoms with van der Waals surface area (Å²) in [6, 6.07) is 9.06. The first-order valence-electron chi connectivity index (χ1n) is 5.68. The Morgan fingerprint density at radius 3 is 2.44 bits per heavy atom. The molecule has 0 aliphatic rings. The highest BCUT2D eigenvalue weighted by Crippen LogP contribution is 2.11. The van der Waals surface area contributed by atoms with Crippen LogP contribution in [0.3, 0.4) is 0 Å². The van der Waals surface area contributed by atoms with Gasteiger partial charge in [-0.15, -0.1) is 0 Å². The van der Waals surface area contributed by atoms with Gasteiger partial charge in [0.1, 0.15) is 0 Å². The van der Waals surface area contributed by atoms with Crippen molar-refractivity contribution in [2.75, 3.05) is 13.7 Å². The molecule has 0 fully saturated rings. The van der Waals surface area contributed by atoms with Gasteiger partial charge in [-0.2, -0.15) is 0 Å². The Bertz CT molecular complexity index is 299. The van der Waals surface area contributed by atoms with Crippen LogP contribution in [-0.2, 0) is 11.2 Å². The number of hydrogen-bond donors (Lipinski definition) is 1. The third kappa shape index (κ3) is 4.39. The summed E-state index contributed by atoms with van der Waals surface area (Å²) in [5.41, 5.74) is 1.36. The topological polar surface area (TPSA) is 21.3 Å². The number of ether oxygens (including phenoxy) is 1. The van der Waals surface area contributed by atoms with Gasteiger partial charge in [0.2, 0.25) is 0 Å². The van der Waals surface area contributed by atoms with Crippen molar-refractivity contribution in [2.45, 2.75) is 32.4 Å². The molecule has 0 saturated carbocycles. The van der Waals surface area contributed by atoms with Gasteiger partial charge >= 0.3 is 0 Å². The molecule has 0 radical (unpaired) electrons. The first-order valence-corrected chi connectivity index (χ1v) is 6.75. The Hall–Kier alpha value is -0.130. The molecule has 0 aliphatic carbocycles. The zero-order valence-electron chi connectivity index (χ0n) is 10.2. The molecule has 0 aromatic heterocycles. The second-order valence-corrected chi connectivity index (χ2v) is 5.18. The Morgan fingerprint density at radius 2 is 1.94 bits per heavy atom. The highest BCUT2D eigenvalue weighted by atomic mass is 127. The summed E-state index contributed by atoms with van der Waals surface area (Å²) in [5, 5.41) is 3.47. The van der Waals surface area contributed by atoms with Crippen molar-refractivity contribution < 1.29 is 4.74 Å². The number of halogens is 1. The van der Waals surface area contributed by atoms with Crippen LogP contribution in [0.5, 0.6) is 0 Å². The molecule has 0 aliphatic heterocycles. The lowest BCUT2D eigenvalue weighted by Gasteiger charge is -2.23. The highest BCUT2D eigenvalue weighted by Gasteiger charge is 2.15. The fourth-order valence-electron chi connectivity index (χ4n) is 1.70. The maximum Gasteiger partial charge on any atom is 0.0699 e. The lowest BCUT2D eigenvalue weighted by molar-refractivity contribution is 0.0836. The zero-order valence-corrected chi connectivity index (χ0v) is 12.3. The van der Waals surface area contributed by atoms with Gasteiger partial charge in [0.15, 0.2) is 0 Å². The molecule has 1 aromatic rings. The fraction of sp³-hybridized carbons (Fsp3) is 0.538. The maximum atomic E-state index is 5.40. The maximum absolute atomic E-state index is 5.40. The van der Waals surface area contributed by atoms with Crippen LogP contribution in [0.15, 0.2) is 24.3 Å². The Labute approximate surface area is 112 Å². The third-order valence-electron chi connectivity index (χ3n) is 2.77. The van der Waals surface area contributed by atoms with E-state index >= 15 is 0 Å². The van der Waals surface area contributed by atoms with Gasteiger partial charge < -0.3 is 10.1 Å². The van der Waals surface area contributed by atoms with E-state index in [9.17, 15) is 0 Å². The van der Waals surface area contributed by atoms with Crippen LogP contribution in [0.1, 0.15) is 19.4 Å². The first-order chi connectivity index (χ1) is 7.67. The summed E-state index contributed by atoms with van der Waals surface area (Å²) in [4.78, 5) is 0. The Kier molecular flexibility index (Phi) is 6.31. The molecule has 0 heterocycles. The van der Waals surface area contributed by atoms with Crippen LogP contribution in [0.4, 0.5) is 0 Å². The minimum atomic E-state index is 0.235. The van der Waals surface area contributed by atoms with Crippen LogP contribution in [-0.4, -0.2) is 25.8 Å². The summed E-state index contributed by atoms with van der Waals surface area (Å²) >= 11 is 2.33. The van der Waals surface area contributed by atoms with Gasteiger partial charge in [-0.3, -0.25) is 0 Å². The van der Waals surface area contributed by atoms with Crippen LogP contribution >= 0.6 is 22.6 Å². The van der Waals surface area contributed by atoms with Crippen LogP contribution in [0.2, 0.25) is 0 Å². The monoisotopic (exact) mass is 333 g/mol. The number of rotatable bonds is 6. The molecule has 0 saturated heterocycles. The van der Waals surface area contributed by atoms with Crippen molar-refractivity contribution in [1.29, 1.82) is 0 Å². The van der Waals surface area contributed by atoms with E-state index in [4.69, 9.17) is 4.74 Å². The van der Waals surface area contributed by atoms with Crippen molar-refractivity contribution in [2.24, 2.45) is 0 Å². The van der Waals surface area contributed by atoms with E-state index in [1.165, 1.54) is 9.13 Å². The second kappa shape index (κ2) is 7.25.